The van der Waals surface area contributed by atoms with E-state index >= 15 is 0 Å². The second-order valence-corrected chi connectivity index (χ2v) is 9.16. The van der Waals surface area contributed by atoms with Gasteiger partial charge in [-0.2, -0.15) is 4.31 Å². The fraction of sp³-hybridized carbons (Fsp3) is 0.316. The van der Waals surface area contributed by atoms with E-state index in [4.69, 9.17) is 0 Å². The quantitative estimate of drug-likeness (QED) is 0.748. The van der Waals surface area contributed by atoms with Crippen molar-refractivity contribution in [3.63, 3.8) is 0 Å². The third-order valence-corrected chi connectivity index (χ3v) is 6.84. The first-order chi connectivity index (χ1) is 12.4. The highest BCUT2D eigenvalue weighted by Crippen LogP contribution is 2.21. The van der Waals surface area contributed by atoms with Gasteiger partial charge in [-0.25, -0.2) is 8.42 Å². The topological polar surface area (TPSA) is 66.5 Å². The smallest absolute Gasteiger partial charge is 0.243 e. The van der Waals surface area contributed by atoms with Gasteiger partial charge in [0, 0.05) is 29.7 Å². The fourth-order valence-electron chi connectivity index (χ4n) is 2.92. The van der Waals surface area contributed by atoms with E-state index in [1.54, 1.807) is 24.3 Å². The van der Waals surface area contributed by atoms with Gasteiger partial charge < -0.3 is 5.32 Å². The van der Waals surface area contributed by atoms with Crippen molar-refractivity contribution in [2.75, 3.05) is 18.4 Å². The molecule has 0 aliphatic carbocycles. The van der Waals surface area contributed by atoms with Crippen molar-refractivity contribution < 1.29 is 13.2 Å². The number of benzene rings is 2. The first-order valence-electron chi connectivity index (χ1n) is 8.60. The molecule has 1 amide bonds. The summed E-state index contributed by atoms with van der Waals surface area (Å²) in [4.78, 5) is 12.4. The van der Waals surface area contributed by atoms with Crippen molar-refractivity contribution in [3.05, 3.63) is 58.6 Å². The van der Waals surface area contributed by atoms with Crippen molar-refractivity contribution in [1.82, 2.24) is 4.31 Å². The maximum absolute atomic E-state index is 12.5. The van der Waals surface area contributed by atoms with Gasteiger partial charge in [0.25, 0.3) is 0 Å². The lowest BCUT2D eigenvalue weighted by atomic mass is 10.1. The molecular formula is C19H21BrN2O3S. The van der Waals surface area contributed by atoms with Crippen LogP contribution in [0.3, 0.4) is 0 Å². The summed E-state index contributed by atoms with van der Waals surface area (Å²) < 4.78 is 27.5. The third-order valence-electron chi connectivity index (χ3n) is 4.39. The molecule has 1 aliphatic heterocycles. The van der Waals surface area contributed by atoms with Crippen LogP contribution in [0.25, 0.3) is 0 Å². The first-order valence-corrected chi connectivity index (χ1v) is 10.8. The Morgan fingerprint density at radius 1 is 1.00 bits per heavy atom. The van der Waals surface area contributed by atoms with Crippen molar-refractivity contribution in [2.45, 2.75) is 30.6 Å². The lowest BCUT2D eigenvalue weighted by Gasteiger charge is -2.15. The molecule has 1 aliphatic rings. The minimum atomic E-state index is -3.38. The Hall–Kier alpha value is -1.70. The number of rotatable bonds is 6. The summed E-state index contributed by atoms with van der Waals surface area (Å²) in [6, 6.07) is 14.3. The number of sulfonamides is 1. The molecule has 5 nitrogen and oxygen atoms in total. The predicted molar refractivity (Wildman–Crippen MR) is 106 cm³/mol. The summed E-state index contributed by atoms with van der Waals surface area (Å²) >= 11 is 3.36. The van der Waals surface area contributed by atoms with Crippen LogP contribution in [-0.4, -0.2) is 31.7 Å². The summed E-state index contributed by atoms with van der Waals surface area (Å²) in [6.07, 6.45) is 2.75. The van der Waals surface area contributed by atoms with Crippen LogP contribution < -0.4 is 5.32 Å². The number of anilines is 1. The van der Waals surface area contributed by atoms with Gasteiger partial charge in [0.1, 0.15) is 0 Å². The van der Waals surface area contributed by atoms with Crippen LogP contribution in [0, 0.1) is 0 Å². The summed E-state index contributed by atoms with van der Waals surface area (Å²) in [5.74, 6) is -0.0684. The molecule has 0 bridgehead atoms. The van der Waals surface area contributed by atoms with Crippen LogP contribution in [0.5, 0.6) is 0 Å². The van der Waals surface area contributed by atoms with E-state index in [-0.39, 0.29) is 5.91 Å². The van der Waals surface area contributed by atoms with E-state index in [9.17, 15) is 13.2 Å². The number of carbonyl (C=O) groups is 1. The van der Waals surface area contributed by atoms with E-state index in [0.29, 0.717) is 30.8 Å². The number of hydrogen-bond acceptors (Lipinski definition) is 3. The number of amides is 1. The standard InChI is InChI=1S/C19H21BrN2O3S/c20-16-6-8-17(9-7-16)21-19(23)12-5-15-3-10-18(11-4-15)26(24,25)22-13-1-2-14-22/h3-4,6-11H,1-2,5,12-14H2,(H,21,23). The number of carbonyl (C=O) groups excluding carboxylic acids is 1. The van der Waals surface area contributed by atoms with Gasteiger partial charge >= 0.3 is 0 Å². The molecule has 0 unspecified atom stereocenters. The average molecular weight is 437 g/mol. The molecule has 0 radical (unpaired) electrons. The van der Waals surface area contributed by atoms with E-state index in [0.717, 1.165) is 28.6 Å². The highest BCUT2D eigenvalue weighted by Gasteiger charge is 2.26. The summed E-state index contributed by atoms with van der Waals surface area (Å²) in [6.45, 7) is 1.20. The van der Waals surface area contributed by atoms with Gasteiger partial charge in [0.05, 0.1) is 4.90 Å². The predicted octanol–water partition coefficient (Wildman–Crippen LogP) is 3.80. The zero-order chi connectivity index (χ0) is 18.6. The molecule has 26 heavy (non-hydrogen) atoms. The molecule has 2 aromatic carbocycles. The third kappa shape index (κ3) is 4.72. The Morgan fingerprint density at radius 3 is 2.23 bits per heavy atom. The van der Waals surface area contributed by atoms with Crippen LogP contribution in [-0.2, 0) is 21.2 Å². The van der Waals surface area contributed by atoms with Crippen molar-refractivity contribution >= 4 is 37.5 Å². The number of halogens is 1. The molecule has 1 N–H and O–H groups in total. The molecule has 1 saturated heterocycles. The zero-order valence-electron chi connectivity index (χ0n) is 14.3. The van der Waals surface area contributed by atoms with Crippen LogP contribution in [0.4, 0.5) is 5.69 Å². The number of nitrogens with one attached hydrogen (secondary N) is 1. The van der Waals surface area contributed by atoms with Gasteiger partial charge in [-0.05, 0) is 61.2 Å². The number of aryl methyl sites for hydroxylation is 1. The molecule has 1 fully saturated rings. The Bertz CT molecular complexity index is 859. The molecule has 0 aromatic heterocycles. The van der Waals surface area contributed by atoms with Gasteiger partial charge in [-0.1, -0.05) is 28.1 Å². The van der Waals surface area contributed by atoms with Crippen molar-refractivity contribution in [2.24, 2.45) is 0 Å². The first kappa shape index (κ1) is 19.1. The molecule has 7 heteroatoms. The highest BCUT2D eigenvalue weighted by atomic mass is 79.9. The van der Waals surface area contributed by atoms with Crippen LogP contribution in [0.1, 0.15) is 24.8 Å². The molecule has 1 heterocycles. The van der Waals surface area contributed by atoms with Gasteiger partial charge in [0.2, 0.25) is 15.9 Å². The molecule has 0 saturated carbocycles. The van der Waals surface area contributed by atoms with E-state index in [1.165, 1.54) is 4.31 Å². The molecule has 2 aromatic rings. The van der Waals surface area contributed by atoms with Gasteiger partial charge in [-0.15, -0.1) is 0 Å². The maximum Gasteiger partial charge on any atom is 0.243 e. The largest absolute Gasteiger partial charge is 0.326 e. The normalized spacial score (nSPS) is 15.1. The monoisotopic (exact) mass is 436 g/mol. The van der Waals surface area contributed by atoms with Crippen molar-refractivity contribution in [3.8, 4) is 0 Å². The lowest BCUT2D eigenvalue weighted by Crippen LogP contribution is -2.27. The average Bonchev–Trinajstić information content (AvgIpc) is 3.18. The molecule has 3 rings (SSSR count). The molecule has 138 valence electrons. The van der Waals surface area contributed by atoms with Crippen LogP contribution >= 0.6 is 15.9 Å². The highest BCUT2D eigenvalue weighted by molar-refractivity contribution is 9.10. The summed E-state index contributed by atoms with van der Waals surface area (Å²) in [5.41, 5.74) is 1.70. The number of nitrogens with zero attached hydrogens (tertiary/aromatic N) is 1. The second-order valence-electron chi connectivity index (χ2n) is 6.31. The fourth-order valence-corrected chi connectivity index (χ4v) is 4.70. The molecule has 0 spiro atoms. The Morgan fingerprint density at radius 2 is 1.62 bits per heavy atom. The molecule has 0 atom stereocenters. The van der Waals surface area contributed by atoms with E-state index in [1.807, 2.05) is 24.3 Å². The summed E-state index contributed by atoms with van der Waals surface area (Å²) in [7, 11) is -3.38. The maximum atomic E-state index is 12.5. The van der Waals surface area contributed by atoms with E-state index in [2.05, 4.69) is 21.2 Å². The summed E-state index contributed by atoms with van der Waals surface area (Å²) in [5, 5.41) is 2.85. The minimum absolute atomic E-state index is 0.0684. The SMILES string of the molecule is O=C(CCc1ccc(S(=O)(=O)N2CCCC2)cc1)Nc1ccc(Br)cc1. The Balaban J connectivity index is 1.55. The minimum Gasteiger partial charge on any atom is -0.326 e. The Labute approximate surface area is 162 Å². The van der Waals surface area contributed by atoms with Gasteiger partial charge in [-0.3, -0.25) is 4.79 Å². The van der Waals surface area contributed by atoms with E-state index < -0.39 is 10.0 Å². The van der Waals surface area contributed by atoms with Crippen molar-refractivity contribution in [1.29, 1.82) is 0 Å². The van der Waals surface area contributed by atoms with Gasteiger partial charge in [0.15, 0.2) is 0 Å². The Kier molecular flexibility index (Phi) is 6.11. The zero-order valence-corrected chi connectivity index (χ0v) is 16.7. The van der Waals surface area contributed by atoms with Crippen LogP contribution in [0.2, 0.25) is 0 Å². The van der Waals surface area contributed by atoms with Crippen LogP contribution in [0.15, 0.2) is 57.9 Å². The second kappa shape index (κ2) is 8.33. The lowest BCUT2D eigenvalue weighted by molar-refractivity contribution is -0.116. The number of hydrogen-bond donors (Lipinski definition) is 1. The molecular weight excluding hydrogens is 416 g/mol.